The summed E-state index contributed by atoms with van der Waals surface area (Å²) in [7, 11) is 0. The molecule has 2 saturated carbocycles. The zero-order valence-corrected chi connectivity index (χ0v) is 12.4. The third-order valence-corrected chi connectivity index (χ3v) is 5.26. The highest BCUT2D eigenvalue weighted by atomic mass is 16.5. The van der Waals surface area contributed by atoms with Crippen LogP contribution in [0.5, 0.6) is 0 Å². The molecule has 5 nitrogen and oxygen atoms in total. The number of nitrogens with one attached hydrogen (secondary N) is 1. The first-order valence-electron chi connectivity index (χ1n) is 8.08. The highest BCUT2D eigenvalue weighted by Gasteiger charge is 2.51. The molecule has 3 unspecified atom stereocenters. The fourth-order valence-electron chi connectivity index (χ4n) is 4.11. The van der Waals surface area contributed by atoms with E-state index in [2.05, 4.69) is 17.1 Å². The zero-order chi connectivity index (χ0) is 14.2. The molecule has 0 aromatic rings. The van der Waals surface area contributed by atoms with Crippen LogP contribution in [0.15, 0.2) is 0 Å². The largest absolute Gasteiger partial charge is 0.375 e. The standard InChI is InChI=1S/C15H27N3O2/c1-2-17-15(14(16)19,11-6-7-11)10-18-8-9-20-13-5-3-4-12(13)18/h11-13,17H,2-10H2,1H3,(H2,16,19). The van der Waals surface area contributed by atoms with Crippen molar-refractivity contribution in [2.75, 3.05) is 26.2 Å². The van der Waals surface area contributed by atoms with Crippen molar-refractivity contribution in [3.05, 3.63) is 0 Å². The minimum atomic E-state index is -0.529. The van der Waals surface area contributed by atoms with Crippen LogP contribution in [0.25, 0.3) is 0 Å². The predicted octanol–water partition coefficient (Wildman–Crippen LogP) is 0.483. The molecule has 0 aromatic heterocycles. The number of morpholine rings is 1. The number of carbonyl (C=O) groups is 1. The van der Waals surface area contributed by atoms with E-state index >= 15 is 0 Å². The molecule has 20 heavy (non-hydrogen) atoms. The van der Waals surface area contributed by atoms with Gasteiger partial charge in [0.25, 0.3) is 0 Å². The van der Waals surface area contributed by atoms with Crippen molar-refractivity contribution in [1.29, 1.82) is 0 Å². The van der Waals surface area contributed by atoms with Gasteiger partial charge < -0.3 is 15.8 Å². The highest BCUT2D eigenvalue weighted by Crippen LogP contribution is 2.41. The van der Waals surface area contributed by atoms with Gasteiger partial charge in [-0.1, -0.05) is 6.92 Å². The van der Waals surface area contributed by atoms with E-state index in [0.29, 0.717) is 18.1 Å². The summed E-state index contributed by atoms with van der Waals surface area (Å²) in [6.07, 6.45) is 6.20. The number of nitrogens with zero attached hydrogens (tertiary/aromatic N) is 1. The van der Waals surface area contributed by atoms with Gasteiger partial charge in [0.2, 0.25) is 5.91 Å². The average molecular weight is 281 g/mol. The van der Waals surface area contributed by atoms with Crippen LogP contribution in [0, 0.1) is 5.92 Å². The van der Waals surface area contributed by atoms with Crippen LogP contribution in [0.1, 0.15) is 39.0 Å². The summed E-state index contributed by atoms with van der Waals surface area (Å²) < 4.78 is 5.86. The fraction of sp³-hybridized carbons (Fsp3) is 0.933. The van der Waals surface area contributed by atoms with Crippen molar-refractivity contribution in [3.63, 3.8) is 0 Å². The average Bonchev–Trinajstić information content (AvgIpc) is 3.16. The Kier molecular flexibility index (Phi) is 4.02. The molecule has 0 aromatic carbocycles. The van der Waals surface area contributed by atoms with E-state index in [4.69, 9.17) is 10.5 Å². The summed E-state index contributed by atoms with van der Waals surface area (Å²) in [5.74, 6) is 0.241. The van der Waals surface area contributed by atoms with Crippen LogP contribution in [0.3, 0.4) is 0 Å². The molecule has 0 bridgehead atoms. The number of amides is 1. The SMILES string of the molecule is CCNC(CN1CCOC2CCCC21)(C(N)=O)C1CC1. The Morgan fingerprint density at radius 1 is 1.40 bits per heavy atom. The lowest BCUT2D eigenvalue weighted by molar-refractivity contribution is -0.128. The van der Waals surface area contributed by atoms with Crippen molar-refractivity contribution < 1.29 is 9.53 Å². The first kappa shape index (κ1) is 14.3. The maximum absolute atomic E-state index is 12.2. The molecule has 3 atom stereocenters. The van der Waals surface area contributed by atoms with E-state index in [1.54, 1.807) is 0 Å². The molecule has 3 aliphatic rings. The molecule has 114 valence electrons. The van der Waals surface area contributed by atoms with Crippen LogP contribution in [-0.2, 0) is 9.53 Å². The third kappa shape index (κ3) is 2.47. The number of nitrogens with two attached hydrogens (primary N) is 1. The number of primary amides is 1. The van der Waals surface area contributed by atoms with E-state index in [-0.39, 0.29) is 5.91 Å². The molecule has 0 spiro atoms. The summed E-state index contributed by atoms with van der Waals surface area (Å²) in [6.45, 7) is 5.31. The van der Waals surface area contributed by atoms with Gasteiger partial charge in [0.05, 0.1) is 12.7 Å². The second kappa shape index (κ2) is 5.62. The Morgan fingerprint density at radius 3 is 2.85 bits per heavy atom. The van der Waals surface area contributed by atoms with Gasteiger partial charge in [-0.05, 0) is 44.6 Å². The number of fused-ring (bicyclic) bond motifs is 1. The smallest absolute Gasteiger partial charge is 0.239 e. The monoisotopic (exact) mass is 281 g/mol. The number of hydrogen-bond acceptors (Lipinski definition) is 4. The molecular formula is C15H27N3O2. The lowest BCUT2D eigenvalue weighted by Crippen LogP contribution is -2.65. The topological polar surface area (TPSA) is 67.6 Å². The summed E-state index contributed by atoms with van der Waals surface area (Å²) in [5, 5.41) is 3.43. The van der Waals surface area contributed by atoms with Gasteiger partial charge in [-0.15, -0.1) is 0 Å². The van der Waals surface area contributed by atoms with Gasteiger partial charge in [0, 0.05) is 19.1 Å². The summed E-state index contributed by atoms with van der Waals surface area (Å²) in [6, 6.07) is 0.486. The molecule has 2 aliphatic carbocycles. The van der Waals surface area contributed by atoms with Crippen LogP contribution < -0.4 is 11.1 Å². The Hall–Kier alpha value is -0.650. The highest BCUT2D eigenvalue weighted by molar-refractivity contribution is 5.86. The summed E-state index contributed by atoms with van der Waals surface area (Å²) in [4.78, 5) is 14.6. The van der Waals surface area contributed by atoms with Crippen molar-refractivity contribution >= 4 is 5.91 Å². The predicted molar refractivity (Wildman–Crippen MR) is 77.3 cm³/mol. The number of ether oxygens (including phenoxy) is 1. The normalized spacial score (nSPS) is 33.6. The van der Waals surface area contributed by atoms with Gasteiger partial charge in [0.1, 0.15) is 5.54 Å². The minimum Gasteiger partial charge on any atom is -0.375 e. The van der Waals surface area contributed by atoms with Crippen molar-refractivity contribution in [2.24, 2.45) is 11.7 Å². The molecule has 3 rings (SSSR count). The quantitative estimate of drug-likeness (QED) is 0.743. The number of hydrogen-bond donors (Lipinski definition) is 2. The first-order chi connectivity index (χ1) is 9.67. The molecule has 3 N–H and O–H groups in total. The Morgan fingerprint density at radius 2 is 2.20 bits per heavy atom. The number of rotatable bonds is 6. The van der Waals surface area contributed by atoms with Gasteiger partial charge in [0.15, 0.2) is 0 Å². The van der Waals surface area contributed by atoms with E-state index in [1.165, 1.54) is 12.8 Å². The molecule has 1 saturated heterocycles. The lowest BCUT2D eigenvalue weighted by atomic mass is 9.90. The van der Waals surface area contributed by atoms with Crippen LogP contribution in [0.2, 0.25) is 0 Å². The van der Waals surface area contributed by atoms with Crippen LogP contribution >= 0.6 is 0 Å². The van der Waals surface area contributed by atoms with Crippen molar-refractivity contribution in [1.82, 2.24) is 10.2 Å². The molecule has 1 aliphatic heterocycles. The molecule has 5 heteroatoms. The molecular weight excluding hydrogens is 254 g/mol. The van der Waals surface area contributed by atoms with Crippen LogP contribution in [0.4, 0.5) is 0 Å². The molecule has 1 heterocycles. The van der Waals surface area contributed by atoms with Gasteiger partial charge in [-0.3, -0.25) is 9.69 Å². The maximum atomic E-state index is 12.2. The van der Waals surface area contributed by atoms with E-state index in [9.17, 15) is 4.79 Å². The molecule has 1 amide bonds. The molecule has 3 fully saturated rings. The Bertz CT molecular complexity index is 372. The first-order valence-corrected chi connectivity index (χ1v) is 8.08. The Balaban J connectivity index is 1.76. The van der Waals surface area contributed by atoms with Gasteiger partial charge in [-0.2, -0.15) is 0 Å². The summed E-state index contributed by atoms with van der Waals surface area (Å²) >= 11 is 0. The van der Waals surface area contributed by atoms with E-state index in [0.717, 1.165) is 45.5 Å². The second-order valence-electron chi connectivity index (χ2n) is 6.52. The van der Waals surface area contributed by atoms with E-state index in [1.807, 2.05) is 0 Å². The van der Waals surface area contributed by atoms with Crippen molar-refractivity contribution in [2.45, 2.75) is 56.7 Å². The van der Waals surface area contributed by atoms with Crippen LogP contribution in [-0.4, -0.2) is 54.7 Å². The number of likely N-dealkylation sites (N-methyl/N-ethyl adjacent to an activating group) is 1. The fourth-order valence-corrected chi connectivity index (χ4v) is 4.11. The number of carbonyl (C=O) groups excluding carboxylic acids is 1. The van der Waals surface area contributed by atoms with E-state index < -0.39 is 5.54 Å². The lowest BCUT2D eigenvalue weighted by Gasteiger charge is -2.43. The van der Waals surface area contributed by atoms with Crippen molar-refractivity contribution in [3.8, 4) is 0 Å². The van der Waals surface area contributed by atoms with Gasteiger partial charge in [-0.25, -0.2) is 0 Å². The van der Waals surface area contributed by atoms with Gasteiger partial charge >= 0.3 is 0 Å². The minimum absolute atomic E-state index is 0.178. The Labute approximate surface area is 121 Å². The third-order valence-electron chi connectivity index (χ3n) is 5.26. The second-order valence-corrected chi connectivity index (χ2v) is 6.52. The molecule has 0 radical (unpaired) electrons. The zero-order valence-electron chi connectivity index (χ0n) is 12.4. The summed E-state index contributed by atoms with van der Waals surface area (Å²) in [5.41, 5.74) is 5.27. The maximum Gasteiger partial charge on any atom is 0.239 e.